The predicted molar refractivity (Wildman–Crippen MR) is 153 cm³/mol. The Kier molecular flexibility index (Phi) is 12.9. The number of hydrogen-bond acceptors (Lipinski definition) is 5. The lowest BCUT2D eigenvalue weighted by Crippen LogP contribution is -2.30. The van der Waals surface area contributed by atoms with Crippen molar-refractivity contribution in [3.05, 3.63) is 103 Å². The first-order chi connectivity index (χ1) is 16.1. The third-order valence-corrected chi connectivity index (χ3v) is 7.68. The standard InChI is InChI=1S/C27H30BCl3O3.2H3N/c1-18-7-10-21(15-24(18)29)27(13-5-4-6-14-34-28(32)33,22-11-8-19(2)25(30)16-22)23-12-9-20(3)26(31)17-23;;/h7-12,15-17,32-33H,4-6,13-14H2,1-3H3;2*1H3. The van der Waals surface area contributed by atoms with Crippen LogP contribution in [0.4, 0.5) is 0 Å². The zero-order chi connectivity index (χ0) is 24.9. The van der Waals surface area contributed by atoms with E-state index in [4.69, 9.17) is 49.5 Å². The van der Waals surface area contributed by atoms with Crippen LogP contribution < -0.4 is 12.3 Å². The topological polar surface area (TPSA) is 120 Å². The van der Waals surface area contributed by atoms with Crippen molar-refractivity contribution in [3.63, 3.8) is 0 Å². The molecule has 0 saturated heterocycles. The van der Waals surface area contributed by atoms with Crippen molar-refractivity contribution in [3.8, 4) is 0 Å². The normalized spacial score (nSPS) is 11.0. The number of hydrogen-bond donors (Lipinski definition) is 4. The van der Waals surface area contributed by atoms with Crippen LogP contribution in [-0.2, 0) is 10.1 Å². The van der Waals surface area contributed by atoms with Gasteiger partial charge in [-0.2, -0.15) is 0 Å². The molecule has 9 heteroatoms. The van der Waals surface area contributed by atoms with Gasteiger partial charge in [-0.1, -0.05) is 84.0 Å². The largest absolute Gasteiger partial charge is 0.633 e. The molecule has 8 N–H and O–H groups in total. The van der Waals surface area contributed by atoms with Crippen molar-refractivity contribution >= 4 is 42.1 Å². The smallest absolute Gasteiger partial charge is 0.402 e. The molecule has 5 nitrogen and oxygen atoms in total. The second kappa shape index (κ2) is 14.4. The van der Waals surface area contributed by atoms with E-state index in [0.717, 1.165) is 52.6 Å². The van der Waals surface area contributed by atoms with Crippen molar-refractivity contribution in [1.82, 2.24) is 12.3 Å². The van der Waals surface area contributed by atoms with Gasteiger partial charge in [0.05, 0.1) is 0 Å². The third-order valence-electron chi connectivity index (χ3n) is 6.46. The Bertz CT molecular complexity index is 1020. The maximum absolute atomic E-state index is 8.93. The van der Waals surface area contributed by atoms with Gasteiger partial charge in [0, 0.05) is 27.1 Å². The van der Waals surface area contributed by atoms with Crippen LogP contribution in [0.1, 0.15) is 59.1 Å². The summed E-state index contributed by atoms with van der Waals surface area (Å²) < 4.78 is 4.87. The first kappa shape index (κ1) is 32.4. The molecule has 0 saturated carbocycles. The third kappa shape index (κ3) is 7.47. The number of unbranched alkanes of at least 4 members (excludes halogenated alkanes) is 2. The summed E-state index contributed by atoms with van der Waals surface area (Å²) in [6.45, 7) is 6.27. The Hall–Kier alpha value is -1.61. The molecule has 3 aromatic carbocycles. The molecule has 3 rings (SSSR count). The molecular weight excluding hydrogens is 517 g/mol. The van der Waals surface area contributed by atoms with Gasteiger partial charge in [0.25, 0.3) is 0 Å². The van der Waals surface area contributed by atoms with Gasteiger partial charge in [-0.3, -0.25) is 0 Å². The molecule has 0 amide bonds. The minimum absolute atomic E-state index is 0. The summed E-state index contributed by atoms with van der Waals surface area (Å²) in [4.78, 5) is 0. The Morgan fingerprint density at radius 1 is 0.667 bits per heavy atom. The van der Waals surface area contributed by atoms with Crippen LogP contribution in [0.2, 0.25) is 15.1 Å². The summed E-state index contributed by atoms with van der Waals surface area (Å²) in [7, 11) is -1.74. The molecule has 0 heterocycles. The fraction of sp³-hybridized carbons (Fsp3) is 0.333. The number of rotatable bonds is 10. The number of benzene rings is 3. The van der Waals surface area contributed by atoms with E-state index in [9.17, 15) is 0 Å². The molecule has 0 aromatic heterocycles. The van der Waals surface area contributed by atoms with Crippen molar-refractivity contribution in [2.45, 2.75) is 51.9 Å². The van der Waals surface area contributed by atoms with E-state index in [2.05, 4.69) is 36.4 Å². The van der Waals surface area contributed by atoms with Gasteiger partial charge in [0.15, 0.2) is 0 Å². The molecule has 0 aliphatic carbocycles. The monoisotopic (exact) mass is 552 g/mol. The van der Waals surface area contributed by atoms with Gasteiger partial charge in [0.1, 0.15) is 0 Å². The molecule has 196 valence electrons. The van der Waals surface area contributed by atoms with Gasteiger partial charge >= 0.3 is 7.32 Å². The van der Waals surface area contributed by atoms with Gasteiger partial charge in [-0.15, -0.1) is 0 Å². The lowest BCUT2D eigenvalue weighted by atomic mass is 9.66. The second-order valence-electron chi connectivity index (χ2n) is 8.80. The molecule has 0 aliphatic rings. The van der Waals surface area contributed by atoms with Gasteiger partial charge < -0.3 is 27.0 Å². The first-order valence-corrected chi connectivity index (χ1v) is 12.6. The summed E-state index contributed by atoms with van der Waals surface area (Å²) in [5.74, 6) is 0. The number of aryl methyl sites for hydroxylation is 3. The quantitative estimate of drug-likeness (QED) is 0.116. The van der Waals surface area contributed by atoms with Crippen molar-refractivity contribution in [2.75, 3.05) is 6.61 Å². The molecule has 0 bridgehead atoms. The molecule has 0 spiro atoms. The molecular formula is C27H36BCl3N2O3. The van der Waals surface area contributed by atoms with Crippen LogP contribution in [0.5, 0.6) is 0 Å². The molecule has 0 fully saturated rings. The molecule has 0 aliphatic heterocycles. The van der Waals surface area contributed by atoms with Gasteiger partial charge in [0.2, 0.25) is 0 Å². The maximum atomic E-state index is 8.93. The number of halogens is 3. The lowest BCUT2D eigenvalue weighted by molar-refractivity contribution is 0.181. The summed E-state index contributed by atoms with van der Waals surface area (Å²) in [6, 6.07) is 18.7. The summed E-state index contributed by atoms with van der Waals surface area (Å²) in [5.41, 5.74) is 5.75. The van der Waals surface area contributed by atoms with E-state index in [1.807, 2.05) is 39.0 Å². The van der Waals surface area contributed by atoms with Crippen LogP contribution in [-0.4, -0.2) is 24.0 Å². The van der Waals surface area contributed by atoms with E-state index < -0.39 is 12.7 Å². The SMILES string of the molecule is Cc1ccc(C(CCCCCOB(O)O)(c2ccc(C)c(Cl)c2)c2ccc(C)c(Cl)c2)cc1Cl.N.N. The highest BCUT2D eigenvalue weighted by Crippen LogP contribution is 2.46. The van der Waals surface area contributed by atoms with Crippen LogP contribution >= 0.6 is 34.8 Å². The Balaban J connectivity index is 0.00000324. The van der Waals surface area contributed by atoms with E-state index in [-0.39, 0.29) is 18.9 Å². The van der Waals surface area contributed by atoms with Gasteiger partial charge in [-0.05, 0) is 85.2 Å². The van der Waals surface area contributed by atoms with Crippen LogP contribution in [0.25, 0.3) is 0 Å². The molecule has 36 heavy (non-hydrogen) atoms. The van der Waals surface area contributed by atoms with Crippen molar-refractivity contribution in [2.24, 2.45) is 0 Å². The minimum Gasteiger partial charge on any atom is -0.402 e. The maximum Gasteiger partial charge on any atom is 0.633 e. The van der Waals surface area contributed by atoms with E-state index in [0.29, 0.717) is 21.5 Å². The summed E-state index contributed by atoms with van der Waals surface area (Å²) in [6.07, 6.45) is 3.22. The zero-order valence-electron chi connectivity index (χ0n) is 21.2. The zero-order valence-corrected chi connectivity index (χ0v) is 23.4. The lowest BCUT2D eigenvalue weighted by Gasteiger charge is -2.37. The van der Waals surface area contributed by atoms with Crippen LogP contribution in [0, 0.1) is 20.8 Å². The van der Waals surface area contributed by atoms with Crippen molar-refractivity contribution < 1.29 is 14.7 Å². The van der Waals surface area contributed by atoms with E-state index in [1.54, 1.807) is 0 Å². The summed E-state index contributed by atoms with van der Waals surface area (Å²) in [5, 5.41) is 20.0. The average Bonchev–Trinajstić information content (AvgIpc) is 2.79. The fourth-order valence-electron chi connectivity index (χ4n) is 4.37. The van der Waals surface area contributed by atoms with Gasteiger partial charge in [-0.25, -0.2) is 0 Å². The highest BCUT2D eigenvalue weighted by Gasteiger charge is 2.37. The Morgan fingerprint density at radius 3 is 1.39 bits per heavy atom. The Morgan fingerprint density at radius 2 is 1.06 bits per heavy atom. The van der Waals surface area contributed by atoms with Crippen LogP contribution in [0.15, 0.2) is 54.6 Å². The molecule has 0 radical (unpaired) electrons. The van der Waals surface area contributed by atoms with E-state index in [1.165, 1.54) is 0 Å². The highest BCUT2D eigenvalue weighted by atomic mass is 35.5. The molecule has 0 atom stereocenters. The molecule has 3 aromatic rings. The summed E-state index contributed by atoms with van der Waals surface area (Å²) >= 11 is 19.9. The van der Waals surface area contributed by atoms with E-state index >= 15 is 0 Å². The average molecular weight is 554 g/mol. The Labute approximate surface area is 230 Å². The predicted octanol–water partition coefficient (Wildman–Crippen LogP) is 7.78. The fourth-order valence-corrected chi connectivity index (χ4v) is 4.91. The second-order valence-corrected chi connectivity index (χ2v) is 10.0. The van der Waals surface area contributed by atoms with Crippen LogP contribution in [0.3, 0.4) is 0 Å². The first-order valence-electron chi connectivity index (χ1n) is 11.4. The van der Waals surface area contributed by atoms with Crippen molar-refractivity contribution in [1.29, 1.82) is 0 Å². The molecule has 0 unspecified atom stereocenters. The highest BCUT2D eigenvalue weighted by molar-refractivity contribution is 6.32. The minimum atomic E-state index is -1.74.